The van der Waals surface area contributed by atoms with Crippen LogP contribution in [0.15, 0.2) is 64.9 Å². The van der Waals surface area contributed by atoms with E-state index < -0.39 is 0 Å². The molecule has 0 bridgehead atoms. The zero-order chi connectivity index (χ0) is 19.9. The largest absolute Gasteiger partial charge is 0.497 e. The molecule has 7 nitrogen and oxygen atoms in total. The highest BCUT2D eigenvalue weighted by Crippen LogP contribution is 2.24. The number of thioether (sulfide) groups is 1. The highest BCUT2D eigenvalue weighted by atomic mass is 32.2. The molecule has 1 amide bonds. The molecule has 0 aliphatic carbocycles. The van der Waals surface area contributed by atoms with Crippen LogP contribution in [0.1, 0.15) is 5.56 Å². The van der Waals surface area contributed by atoms with E-state index in [9.17, 15) is 4.79 Å². The molecule has 0 unspecified atom stereocenters. The minimum absolute atomic E-state index is 0.000483. The molecular weight excluding hydrogens is 376 g/mol. The molecule has 3 aromatic rings. The third-order valence-corrected chi connectivity index (χ3v) is 5.03. The predicted molar refractivity (Wildman–Crippen MR) is 108 cm³/mol. The second kappa shape index (κ2) is 9.27. The summed E-state index contributed by atoms with van der Waals surface area (Å²) >= 11 is 1.34. The van der Waals surface area contributed by atoms with Crippen LogP contribution in [-0.2, 0) is 17.9 Å². The minimum Gasteiger partial charge on any atom is -0.497 e. The van der Waals surface area contributed by atoms with Crippen LogP contribution >= 0.6 is 11.8 Å². The molecule has 0 radical (unpaired) electrons. The molecule has 0 atom stereocenters. The first-order valence-electron chi connectivity index (χ1n) is 8.70. The summed E-state index contributed by atoms with van der Waals surface area (Å²) in [5.41, 5.74) is 1.01. The molecular formula is C20H22N4O3S. The fourth-order valence-corrected chi connectivity index (χ4v) is 3.53. The van der Waals surface area contributed by atoms with E-state index in [-0.39, 0.29) is 11.7 Å². The van der Waals surface area contributed by atoms with E-state index >= 15 is 0 Å². The number of carbonyl (C=O) groups excluding carboxylic acids is 1. The molecule has 0 saturated heterocycles. The molecule has 3 rings (SSSR count). The van der Waals surface area contributed by atoms with Gasteiger partial charge in [0.05, 0.1) is 19.1 Å². The molecule has 146 valence electrons. The Morgan fingerprint density at radius 1 is 1.36 bits per heavy atom. The Hall–Kier alpha value is -3.00. The van der Waals surface area contributed by atoms with Gasteiger partial charge in [-0.3, -0.25) is 9.36 Å². The molecule has 0 saturated carbocycles. The molecule has 8 heteroatoms. The van der Waals surface area contributed by atoms with Crippen LogP contribution in [0.2, 0.25) is 0 Å². The molecule has 2 heterocycles. The smallest absolute Gasteiger partial charge is 0.233 e. The molecule has 0 spiro atoms. The lowest BCUT2D eigenvalue weighted by atomic mass is 10.2. The van der Waals surface area contributed by atoms with Crippen LogP contribution in [0.3, 0.4) is 0 Å². The van der Waals surface area contributed by atoms with Crippen molar-refractivity contribution >= 4 is 17.7 Å². The highest BCUT2D eigenvalue weighted by Gasteiger charge is 2.18. The number of benzene rings is 1. The summed E-state index contributed by atoms with van der Waals surface area (Å²) in [6, 6.07) is 11.3. The Morgan fingerprint density at radius 3 is 2.93 bits per heavy atom. The van der Waals surface area contributed by atoms with Gasteiger partial charge in [-0.05, 0) is 29.8 Å². The van der Waals surface area contributed by atoms with Gasteiger partial charge >= 0.3 is 0 Å². The lowest BCUT2D eigenvalue weighted by Gasteiger charge is -2.17. The van der Waals surface area contributed by atoms with Gasteiger partial charge in [0.2, 0.25) is 11.7 Å². The van der Waals surface area contributed by atoms with E-state index in [1.54, 1.807) is 37.5 Å². The summed E-state index contributed by atoms with van der Waals surface area (Å²) < 4.78 is 12.5. The Bertz CT molecular complexity index is 937. The lowest BCUT2D eigenvalue weighted by Crippen LogP contribution is -2.27. The monoisotopic (exact) mass is 398 g/mol. The molecule has 28 heavy (non-hydrogen) atoms. The van der Waals surface area contributed by atoms with Crippen molar-refractivity contribution in [3.8, 4) is 17.3 Å². The van der Waals surface area contributed by atoms with Crippen LogP contribution in [0, 0.1) is 0 Å². The number of furan rings is 1. The number of methoxy groups -OCH3 is 1. The van der Waals surface area contributed by atoms with Crippen molar-refractivity contribution in [2.75, 3.05) is 19.9 Å². The van der Waals surface area contributed by atoms with E-state index in [1.807, 2.05) is 34.9 Å². The highest BCUT2D eigenvalue weighted by molar-refractivity contribution is 7.99. The van der Waals surface area contributed by atoms with Crippen LogP contribution in [0.4, 0.5) is 0 Å². The number of carbonyl (C=O) groups is 1. The van der Waals surface area contributed by atoms with Crippen LogP contribution in [-0.4, -0.2) is 45.5 Å². The number of hydrogen-bond acceptors (Lipinski definition) is 6. The third-order valence-electron chi connectivity index (χ3n) is 4.07. The van der Waals surface area contributed by atoms with Crippen molar-refractivity contribution in [3.63, 3.8) is 0 Å². The quantitative estimate of drug-likeness (QED) is 0.406. The first kappa shape index (κ1) is 19.8. The molecule has 0 aliphatic rings. The minimum atomic E-state index is 0.000483. The summed E-state index contributed by atoms with van der Waals surface area (Å²) in [5.74, 6) is 2.27. The van der Waals surface area contributed by atoms with Gasteiger partial charge in [0, 0.05) is 20.1 Å². The van der Waals surface area contributed by atoms with E-state index in [1.165, 1.54) is 11.8 Å². The number of amides is 1. The topological polar surface area (TPSA) is 73.4 Å². The maximum absolute atomic E-state index is 12.6. The van der Waals surface area contributed by atoms with E-state index in [2.05, 4.69) is 16.8 Å². The van der Waals surface area contributed by atoms with Gasteiger partial charge in [-0.2, -0.15) is 0 Å². The molecule has 1 aromatic carbocycles. The summed E-state index contributed by atoms with van der Waals surface area (Å²) in [6.07, 6.45) is 3.35. The zero-order valence-corrected chi connectivity index (χ0v) is 16.7. The normalized spacial score (nSPS) is 10.6. The van der Waals surface area contributed by atoms with Crippen molar-refractivity contribution in [2.45, 2.75) is 18.2 Å². The van der Waals surface area contributed by atoms with Crippen LogP contribution in [0.25, 0.3) is 11.6 Å². The third kappa shape index (κ3) is 4.64. The summed E-state index contributed by atoms with van der Waals surface area (Å²) in [6.45, 7) is 4.82. The zero-order valence-electron chi connectivity index (χ0n) is 15.9. The van der Waals surface area contributed by atoms with Crippen LogP contribution < -0.4 is 4.74 Å². The summed E-state index contributed by atoms with van der Waals surface area (Å²) in [4.78, 5) is 14.2. The maximum Gasteiger partial charge on any atom is 0.233 e. The Morgan fingerprint density at radius 2 is 2.21 bits per heavy atom. The number of ether oxygens (including phenoxy) is 1. The molecule has 0 aliphatic heterocycles. The van der Waals surface area contributed by atoms with Gasteiger partial charge in [-0.25, -0.2) is 0 Å². The van der Waals surface area contributed by atoms with Gasteiger partial charge in [0.15, 0.2) is 10.9 Å². The predicted octanol–water partition coefficient (Wildman–Crippen LogP) is 3.48. The fraction of sp³-hybridized carbons (Fsp3) is 0.250. The Kier molecular flexibility index (Phi) is 6.54. The molecule has 0 N–H and O–H groups in total. The van der Waals surface area contributed by atoms with Crippen molar-refractivity contribution in [1.82, 2.24) is 19.7 Å². The average molecular weight is 398 g/mol. The van der Waals surface area contributed by atoms with Gasteiger partial charge in [0.1, 0.15) is 5.75 Å². The van der Waals surface area contributed by atoms with E-state index in [4.69, 9.17) is 9.15 Å². The van der Waals surface area contributed by atoms with Crippen molar-refractivity contribution in [2.24, 2.45) is 0 Å². The van der Waals surface area contributed by atoms with E-state index in [0.29, 0.717) is 29.8 Å². The average Bonchev–Trinajstić information content (AvgIpc) is 3.36. The fourth-order valence-electron chi connectivity index (χ4n) is 2.65. The van der Waals surface area contributed by atoms with Gasteiger partial charge in [0.25, 0.3) is 0 Å². The first-order valence-corrected chi connectivity index (χ1v) is 9.68. The van der Waals surface area contributed by atoms with Gasteiger partial charge in [-0.15, -0.1) is 16.8 Å². The number of nitrogens with zero attached hydrogens (tertiary/aromatic N) is 4. The second-order valence-corrected chi connectivity index (χ2v) is 7.02. The van der Waals surface area contributed by atoms with E-state index in [0.717, 1.165) is 11.3 Å². The summed E-state index contributed by atoms with van der Waals surface area (Å²) in [5, 5.41) is 9.06. The standard InChI is InChI=1S/C20H22N4O3S/c1-4-10-24-19(17-9-6-11-27-17)21-22-20(24)28-14-18(25)23(2)13-15-7-5-8-16(12-15)26-3/h4-9,11-12H,1,10,13-14H2,2-3H3. The van der Waals surface area contributed by atoms with Gasteiger partial charge < -0.3 is 14.1 Å². The number of hydrogen-bond donors (Lipinski definition) is 0. The van der Waals surface area contributed by atoms with Crippen molar-refractivity contribution < 1.29 is 13.9 Å². The Labute approximate surface area is 168 Å². The maximum atomic E-state index is 12.6. The van der Waals surface area contributed by atoms with Crippen molar-refractivity contribution in [3.05, 3.63) is 60.9 Å². The number of rotatable bonds is 9. The van der Waals surface area contributed by atoms with Gasteiger partial charge in [-0.1, -0.05) is 30.0 Å². The second-order valence-electron chi connectivity index (χ2n) is 6.07. The summed E-state index contributed by atoms with van der Waals surface area (Å²) in [7, 11) is 3.41. The Balaban J connectivity index is 1.64. The number of aromatic nitrogens is 3. The first-order chi connectivity index (χ1) is 13.6. The number of allylic oxidation sites excluding steroid dienone is 1. The SMILES string of the molecule is C=CCn1c(SCC(=O)N(C)Cc2cccc(OC)c2)nnc1-c1ccco1. The van der Waals surface area contributed by atoms with Crippen molar-refractivity contribution in [1.29, 1.82) is 0 Å². The molecule has 0 fully saturated rings. The molecule has 2 aromatic heterocycles. The lowest BCUT2D eigenvalue weighted by molar-refractivity contribution is -0.127. The van der Waals surface area contributed by atoms with Crippen LogP contribution in [0.5, 0.6) is 5.75 Å².